The molecule has 0 spiro atoms. The molecule has 0 radical (unpaired) electrons. The van der Waals surface area contributed by atoms with E-state index in [9.17, 15) is 14.4 Å². The Kier molecular flexibility index (Phi) is 6.05. The second kappa shape index (κ2) is 8.66. The molecular weight excluding hydrogens is 428 g/mol. The Morgan fingerprint density at radius 3 is 2.61 bits per heavy atom. The number of hydrogen-bond donors (Lipinski definition) is 2. The Morgan fingerprint density at radius 2 is 1.89 bits per heavy atom. The lowest BCUT2D eigenvalue weighted by Gasteiger charge is -2.09. The zero-order valence-corrected chi connectivity index (χ0v) is 16.5. The van der Waals surface area contributed by atoms with Crippen molar-refractivity contribution in [3.05, 3.63) is 69.1 Å². The van der Waals surface area contributed by atoms with E-state index in [0.717, 1.165) is 14.7 Å². The summed E-state index contributed by atoms with van der Waals surface area (Å²) in [6.07, 6.45) is 0. The lowest BCUT2D eigenvalue weighted by Crippen LogP contribution is -2.36. The minimum Gasteiger partial charge on any atom is -0.388 e. The minimum atomic E-state index is -0.746. The van der Waals surface area contributed by atoms with Crippen molar-refractivity contribution in [2.24, 2.45) is 0 Å². The average Bonchev–Trinajstić information content (AvgIpc) is 3.03. The van der Waals surface area contributed by atoms with Crippen LogP contribution in [-0.4, -0.2) is 28.1 Å². The molecule has 0 bridgehead atoms. The number of halogens is 1. The maximum atomic E-state index is 12.0. The first-order valence-electron chi connectivity index (χ1n) is 8.38. The second-order valence-electron chi connectivity index (χ2n) is 5.98. The van der Waals surface area contributed by atoms with Crippen LogP contribution in [0.1, 0.15) is 5.56 Å². The van der Waals surface area contributed by atoms with Gasteiger partial charge in [-0.2, -0.15) is 4.68 Å². The van der Waals surface area contributed by atoms with E-state index in [1.54, 1.807) is 30.3 Å². The van der Waals surface area contributed by atoms with Crippen LogP contribution in [0.3, 0.4) is 0 Å². The molecule has 2 aromatic carbocycles. The van der Waals surface area contributed by atoms with Crippen molar-refractivity contribution in [3.63, 3.8) is 0 Å². The molecule has 1 aromatic heterocycles. The maximum Gasteiger partial charge on any atom is 0.437 e. The summed E-state index contributed by atoms with van der Waals surface area (Å²) in [5.74, 6) is -1.53. The molecule has 0 aliphatic rings. The molecule has 0 saturated carbocycles. The molecule has 144 valence electrons. The van der Waals surface area contributed by atoms with E-state index >= 15 is 0 Å². The van der Waals surface area contributed by atoms with E-state index < -0.39 is 11.7 Å². The minimum absolute atomic E-state index is 0.127. The monoisotopic (exact) mass is 444 g/mol. The van der Waals surface area contributed by atoms with E-state index in [1.807, 2.05) is 25.1 Å². The van der Waals surface area contributed by atoms with Crippen molar-refractivity contribution in [2.45, 2.75) is 13.5 Å². The molecule has 1 heterocycles. The Hall–Kier alpha value is -3.20. The number of nitrogens with zero attached hydrogens (tertiary/aromatic N) is 2. The fourth-order valence-electron chi connectivity index (χ4n) is 2.44. The molecule has 28 heavy (non-hydrogen) atoms. The van der Waals surface area contributed by atoms with Crippen LogP contribution in [-0.2, 0) is 16.1 Å². The number of aromatic nitrogens is 2. The Morgan fingerprint density at radius 1 is 1.14 bits per heavy atom. The van der Waals surface area contributed by atoms with Gasteiger partial charge in [-0.15, -0.1) is 5.10 Å². The second-order valence-corrected chi connectivity index (χ2v) is 6.90. The average molecular weight is 445 g/mol. The summed E-state index contributed by atoms with van der Waals surface area (Å²) >= 11 is 3.36. The van der Waals surface area contributed by atoms with Crippen LogP contribution in [0, 0.1) is 6.92 Å². The predicted octanol–water partition coefficient (Wildman–Crippen LogP) is 2.33. The molecule has 3 aromatic rings. The van der Waals surface area contributed by atoms with Crippen LogP contribution in [0.2, 0.25) is 0 Å². The van der Waals surface area contributed by atoms with Gasteiger partial charge < -0.3 is 15.1 Å². The van der Waals surface area contributed by atoms with Crippen LogP contribution < -0.4 is 16.4 Å². The molecule has 0 saturated heterocycles. The number of rotatable bonds is 6. The fraction of sp³-hybridized carbons (Fsp3) is 0.158. The van der Waals surface area contributed by atoms with Gasteiger partial charge >= 0.3 is 5.76 Å². The van der Waals surface area contributed by atoms with Gasteiger partial charge in [-0.05, 0) is 42.8 Å². The highest BCUT2D eigenvalue weighted by Crippen LogP contribution is 2.19. The van der Waals surface area contributed by atoms with Crippen LogP contribution in [0.4, 0.5) is 5.69 Å². The standard InChI is InChI=1S/C19H17BrN4O4/c1-12-9-14(20)7-8-15(12)22-16(25)10-21-17(26)11-24-19(27)28-18(23-24)13-5-3-2-4-6-13/h2-9H,10-11H2,1H3,(H,21,26)(H,22,25). The molecule has 8 nitrogen and oxygen atoms in total. The molecule has 3 rings (SSSR count). The van der Waals surface area contributed by atoms with Gasteiger partial charge in [0.15, 0.2) is 0 Å². The number of nitrogens with one attached hydrogen (secondary N) is 2. The van der Waals surface area contributed by atoms with Gasteiger partial charge in [0.1, 0.15) is 6.54 Å². The molecule has 2 N–H and O–H groups in total. The van der Waals surface area contributed by atoms with Crippen molar-refractivity contribution >= 4 is 33.4 Å². The van der Waals surface area contributed by atoms with E-state index in [1.165, 1.54) is 0 Å². The van der Waals surface area contributed by atoms with Gasteiger partial charge in [-0.3, -0.25) is 9.59 Å². The first-order chi connectivity index (χ1) is 13.4. The fourth-order valence-corrected chi connectivity index (χ4v) is 2.91. The van der Waals surface area contributed by atoms with Crippen LogP contribution in [0.25, 0.3) is 11.5 Å². The maximum absolute atomic E-state index is 12.0. The van der Waals surface area contributed by atoms with Crippen molar-refractivity contribution in [1.82, 2.24) is 15.1 Å². The van der Waals surface area contributed by atoms with E-state index in [2.05, 4.69) is 31.7 Å². The highest BCUT2D eigenvalue weighted by molar-refractivity contribution is 9.10. The summed E-state index contributed by atoms with van der Waals surface area (Å²) in [5.41, 5.74) is 2.17. The van der Waals surface area contributed by atoms with E-state index in [0.29, 0.717) is 11.3 Å². The molecule has 9 heteroatoms. The first-order valence-corrected chi connectivity index (χ1v) is 9.18. The quantitative estimate of drug-likeness (QED) is 0.606. The predicted molar refractivity (Wildman–Crippen MR) is 107 cm³/mol. The van der Waals surface area contributed by atoms with Crippen LogP contribution in [0.5, 0.6) is 0 Å². The Bertz CT molecular complexity index is 1060. The zero-order valence-electron chi connectivity index (χ0n) is 14.9. The van der Waals surface area contributed by atoms with Gasteiger partial charge in [-0.25, -0.2) is 4.79 Å². The van der Waals surface area contributed by atoms with Crippen molar-refractivity contribution < 1.29 is 14.0 Å². The topological polar surface area (TPSA) is 106 Å². The van der Waals surface area contributed by atoms with Crippen LogP contribution in [0.15, 0.2) is 62.2 Å². The zero-order chi connectivity index (χ0) is 20.1. The Labute approximate surface area is 168 Å². The number of carbonyl (C=O) groups is 2. The highest BCUT2D eigenvalue weighted by atomic mass is 79.9. The molecular formula is C19H17BrN4O4. The first kappa shape index (κ1) is 19.6. The van der Waals surface area contributed by atoms with Crippen molar-refractivity contribution in [2.75, 3.05) is 11.9 Å². The third-order valence-corrected chi connectivity index (χ3v) is 4.32. The molecule has 0 unspecified atom stereocenters. The molecule has 2 amide bonds. The summed E-state index contributed by atoms with van der Waals surface area (Å²) < 4.78 is 6.88. The normalized spacial score (nSPS) is 10.5. The van der Waals surface area contributed by atoms with Crippen molar-refractivity contribution in [1.29, 1.82) is 0 Å². The lowest BCUT2D eigenvalue weighted by molar-refractivity contribution is -0.124. The Balaban J connectivity index is 1.55. The van der Waals surface area contributed by atoms with E-state index in [4.69, 9.17) is 4.42 Å². The lowest BCUT2D eigenvalue weighted by atomic mass is 10.2. The number of carbonyl (C=O) groups excluding carboxylic acids is 2. The number of aryl methyl sites for hydroxylation is 1. The summed E-state index contributed by atoms with van der Waals surface area (Å²) in [5, 5.41) is 9.18. The molecule has 0 atom stereocenters. The van der Waals surface area contributed by atoms with Crippen LogP contribution >= 0.6 is 15.9 Å². The van der Waals surface area contributed by atoms with Gasteiger partial charge in [0, 0.05) is 15.7 Å². The number of amides is 2. The number of anilines is 1. The largest absolute Gasteiger partial charge is 0.437 e. The molecule has 0 fully saturated rings. The van der Waals surface area contributed by atoms with Gasteiger partial charge in [0.25, 0.3) is 0 Å². The highest BCUT2D eigenvalue weighted by Gasteiger charge is 2.14. The molecule has 0 aliphatic heterocycles. The number of hydrogen-bond acceptors (Lipinski definition) is 5. The summed E-state index contributed by atoms with van der Waals surface area (Å²) in [7, 11) is 0. The summed E-state index contributed by atoms with van der Waals surface area (Å²) in [6.45, 7) is 1.28. The summed E-state index contributed by atoms with van der Waals surface area (Å²) in [4.78, 5) is 35.9. The number of benzene rings is 2. The van der Waals surface area contributed by atoms with Gasteiger partial charge in [0.2, 0.25) is 17.7 Å². The third-order valence-electron chi connectivity index (χ3n) is 3.83. The third kappa shape index (κ3) is 4.95. The van der Waals surface area contributed by atoms with Gasteiger partial charge in [0.05, 0.1) is 6.54 Å². The smallest absolute Gasteiger partial charge is 0.388 e. The van der Waals surface area contributed by atoms with E-state index in [-0.39, 0.29) is 24.9 Å². The SMILES string of the molecule is Cc1cc(Br)ccc1NC(=O)CNC(=O)Cn1nc(-c2ccccc2)oc1=O. The molecule has 0 aliphatic carbocycles. The van der Waals surface area contributed by atoms with Gasteiger partial charge in [-0.1, -0.05) is 34.1 Å². The summed E-state index contributed by atoms with van der Waals surface area (Å²) in [6, 6.07) is 14.3. The van der Waals surface area contributed by atoms with Crippen molar-refractivity contribution in [3.8, 4) is 11.5 Å².